The van der Waals surface area contributed by atoms with E-state index in [9.17, 15) is 9.59 Å². The molecule has 1 aliphatic rings. The van der Waals surface area contributed by atoms with E-state index in [4.69, 9.17) is 4.74 Å². The first kappa shape index (κ1) is 19.0. The number of hydrogen-bond donors (Lipinski definition) is 1. The van der Waals surface area contributed by atoms with Crippen LogP contribution in [0.3, 0.4) is 0 Å². The topological polar surface area (TPSA) is 73.2 Å². The van der Waals surface area contributed by atoms with Crippen LogP contribution in [-0.2, 0) is 16.1 Å². The van der Waals surface area contributed by atoms with E-state index in [-0.39, 0.29) is 30.0 Å². The van der Waals surface area contributed by atoms with E-state index < -0.39 is 0 Å². The molecule has 1 amide bonds. The Morgan fingerprint density at radius 1 is 1.38 bits per heavy atom. The Morgan fingerprint density at radius 2 is 2.19 bits per heavy atom. The second-order valence-electron chi connectivity index (χ2n) is 7.03. The normalized spacial score (nSPS) is 18.1. The molecular formula is C19H24BrN3O3. The predicted molar refractivity (Wildman–Crippen MR) is 104 cm³/mol. The molecule has 1 aliphatic heterocycles. The highest BCUT2D eigenvalue weighted by Crippen LogP contribution is 2.24. The third-order valence-electron chi connectivity index (χ3n) is 4.57. The van der Waals surface area contributed by atoms with Crippen molar-refractivity contribution < 1.29 is 9.53 Å². The molecule has 1 aromatic heterocycles. The highest BCUT2D eigenvalue weighted by atomic mass is 79.9. The van der Waals surface area contributed by atoms with Crippen LogP contribution in [0.25, 0.3) is 10.8 Å². The van der Waals surface area contributed by atoms with Gasteiger partial charge in [-0.05, 0) is 43.4 Å². The van der Waals surface area contributed by atoms with Crippen molar-refractivity contribution in [1.82, 2.24) is 15.1 Å². The van der Waals surface area contributed by atoms with Crippen molar-refractivity contribution in [2.24, 2.45) is 0 Å². The van der Waals surface area contributed by atoms with Gasteiger partial charge in [-0.2, -0.15) is 5.10 Å². The Morgan fingerprint density at radius 3 is 2.96 bits per heavy atom. The molecule has 0 bridgehead atoms. The lowest BCUT2D eigenvalue weighted by Gasteiger charge is -2.17. The molecule has 0 saturated carbocycles. The average Bonchev–Trinajstić information content (AvgIpc) is 2.85. The zero-order chi connectivity index (χ0) is 18.7. The predicted octanol–water partition coefficient (Wildman–Crippen LogP) is 2.97. The lowest BCUT2D eigenvalue weighted by Crippen LogP contribution is -2.41. The third kappa shape index (κ3) is 4.32. The van der Waals surface area contributed by atoms with E-state index >= 15 is 0 Å². The van der Waals surface area contributed by atoms with Gasteiger partial charge in [-0.3, -0.25) is 9.59 Å². The second-order valence-corrected chi connectivity index (χ2v) is 7.94. The minimum absolute atomic E-state index is 0.00156. The molecule has 2 heterocycles. The lowest BCUT2D eigenvalue weighted by atomic mass is 10.0. The van der Waals surface area contributed by atoms with Crippen molar-refractivity contribution >= 4 is 32.6 Å². The van der Waals surface area contributed by atoms with Gasteiger partial charge in [0.25, 0.3) is 5.56 Å². The maximum atomic E-state index is 12.8. The van der Waals surface area contributed by atoms with Crippen LogP contribution in [0.15, 0.2) is 27.5 Å². The largest absolute Gasteiger partial charge is 0.379 e. The summed E-state index contributed by atoms with van der Waals surface area (Å²) in [6.07, 6.45) is 2.95. The van der Waals surface area contributed by atoms with Crippen LogP contribution in [0.5, 0.6) is 0 Å². The number of aromatic nitrogens is 2. The first-order valence-corrected chi connectivity index (χ1v) is 9.82. The number of carbonyl (C=O) groups is 1. The summed E-state index contributed by atoms with van der Waals surface area (Å²) >= 11 is 3.45. The van der Waals surface area contributed by atoms with Gasteiger partial charge in [0.2, 0.25) is 5.91 Å². The van der Waals surface area contributed by atoms with E-state index in [0.717, 1.165) is 41.4 Å². The van der Waals surface area contributed by atoms with Crippen LogP contribution in [-0.4, -0.2) is 34.9 Å². The first-order chi connectivity index (χ1) is 12.5. The van der Waals surface area contributed by atoms with Gasteiger partial charge in [0, 0.05) is 16.5 Å². The number of carbonyl (C=O) groups excluding carboxylic acids is 1. The maximum absolute atomic E-state index is 12.8. The average molecular weight is 422 g/mol. The molecule has 0 aliphatic carbocycles. The highest BCUT2D eigenvalue weighted by molar-refractivity contribution is 9.10. The SMILES string of the molecule is CC(C)c1nn(CC(=O)NC2CCCCOC2)c(=O)c2ccc(Br)cc12. The van der Waals surface area contributed by atoms with E-state index in [2.05, 4.69) is 26.3 Å². The summed E-state index contributed by atoms with van der Waals surface area (Å²) in [6.45, 7) is 5.24. The minimum atomic E-state index is -0.246. The van der Waals surface area contributed by atoms with Crippen LogP contribution in [0, 0.1) is 0 Å². The minimum Gasteiger partial charge on any atom is -0.379 e. The molecule has 3 rings (SSSR count). The number of halogens is 1. The lowest BCUT2D eigenvalue weighted by molar-refractivity contribution is -0.123. The number of hydrogen-bond acceptors (Lipinski definition) is 4. The molecule has 1 saturated heterocycles. The Kier molecular flexibility index (Phi) is 6.09. The van der Waals surface area contributed by atoms with Crippen molar-refractivity contribution in [3.05, 3.63) is 38.7 Å². The second kappa shape index (κ2) is 8.31. The van der Waals surface area contributed by atoms with Crippen LogP contribution >= 0.6 is 15.9 Å². The molecule has 2 aromatic rings. The number of benzene rings is 1. The fourth-order valence-electron chi connectivity index (χ4n) is 3.24. The van der Waals surface area contributed by atoms with Crippen LogP contribution in [0.1, 0.15) is 44.7 Å². The number of rotatable bonds is 4. The molecule has 6 nitrogen and oxygen atoms in total. The Bertz CT molecular complexity index is 855. The van der Waals surface area contributed by atoms with Crippen molar-refractivity contribution in [3.8, 4) is 0 Å². The smallest absolute Gasteiger partial charge is 0.275 e. The van der Waals surface area contributed by atoms with Crippen molar-refractivity contribution in [1.29, 1.82) is 0 Å². The summed E-state index contributed by atoms with van der Waals surface area (Å²) in [5.74, 6) is -0.0711. The summed E-state index contributed by atoms with van der Waals surface area (Å²) in [5.41, 5.74) is 0.565. The molecule has 7 heteroatoms. The first-order valence-electron chi connectivity index (χ1n) is 9.03. The fraction of sp³-hybridized carbons (Fsp3) is 0.526. The number of amides is 1. The fourth-order valence-corrected chi connectivity index (χ4v) is 3.60. The Labute approximate surface area is 161 Å². The summed E-state index contributed by atoms with van der Waals surface area (Å²) in [4.78, 5) is 25.2. The third-order valence-corrected chi connectivity index (χ3v) is 5.06. The number of fused-ring (bicyclic) bond motifs is 1. The van der Waals surface area contributed by atoms with Gasteiger partial charge in [-0.25, -0.2) is 4.68 Å². The molecule has 26 heavy (non-hydrogen) atoms. The standard InChI is InChI=1S/C19H24BrN3O3/c1-12(2)18-16-9-13(20)6-7-15(16)19(25)23(22-18)10-17(24)21-14-5-3-4-8-26-11-14/h6-7,9,12,14H,3-5,8,10-11H2,1-2H3,(H,21,24). The van der Waals surface area contributed by atoms with E-state index in [1.807, 2.05) is 26.0 Å². The van der Waals surface area contributed by atoms with Gasteiger partial charge >= 0.3 is 0 Å². The van der Waals surface area contributed by atoms with Gasteiger partial charge in [0.05, 0.1) is 23.7 Å². The van der Waals surface area contributed by atoms with Crippen molar-refractivity contribution in [2.45, 2.75) is 51.6 Å². The maximum Gasteiger partial charge on any atom is 0.275 e. The van der Waals surface area contributed by atoms with E-state index in [1.165, 1.54) is 4.68 Å². The quantitative estimate of drug-likeness (QED) is 0.823. The molecule has 1 atom stereocenters. The Balaban J connectivity index is 1.87. The van der Waals surface area contributed by atoms with Gasteiger partial charge < -0.3 is 10.1 Å². The summed E-state index contributed by atoms with van der Waals surface area (Å²) in [6, 6.07) is 5.53. The van der Waals surface area contributed by atoms with E-state index in [1.54, 1.807) is 6.07 Å². The number of nitrogens with one attached hydrogen (secondary N) is 1. The molecule has 0 spiro atoms. The van der Waals surface area contributed by atoms with Crippen molar-refractivity contribution in [3.63, 3.8) is 0 Å². The summed E-state index contributed by atoms with van der Waals surface area (Å²) < 4.78 is 7.67. The van der Waals surface area contributed by atoms with Crippen LogP contribution in [0.2, 0.25) is 0 Å². The van der Waals surface area contributed by atoms with Gasteiger partial charge in [-0.15, -0.1) is 0 Å². The van der Waals surface area contributed by atoms with E-state index in [0.29, 0.717) is 12.0 Å². The zero-order valence-electron chi connectivity index (χ0n) is 15.1. The molecule has 140 valence electrons. The van der Waals surface area contributed by atoms with Gasteiger partial charge in [-0.1, -0.05) is 29.8 Å². The van der Waals surface area contributed by atoms with Crippen molar-refractivity contribution in [2.75, 3.05) is 13.2 Å². The Hall–Kier alpha value is -1.73. The molecule has 1 N–H and O–H groups in total. The van der Waals surface area contributed by atoms with Gasteiger partial charge in [0.15, 0.2) is 0 Å². The summed E-state index contributed by atoms with van der Waals surface area (Å²) in [5, 5.41) is 8.86. The van der Waals surface area contributed by atoms with Crippen LogP contribution in [0.4, 0.5) is 0 Å². The summed E-state index contributed by atoms with van der Waals surface area (Å²) in [7, 11) is 0. The molecule has 0 radical (unpaired) electrons. The van der Waals surface area contributed by atoms with Gasteiger partial charge in [0.1, 0.15) is 6.54 Å². The molecular weight excluding hydrogens is 398 g/mol. The highest BCUT2D eigenvalue weighted by Gasteiger charge is 2.18. The number of ether oxygens (including phenoxy) is 1. The monoisotopic (exact) mass is 421 g/mol. The zero-order valence-corrected chi connectivity index (χ0v) is 16.7. The van der Waals surface area contributed by atoms with Crippen LogP contribution < -0.4 is 10.9 Å². The molecule has 1 unspecified atom stereocenters. The molecule has 1 fully saturated rings. The molecule has 1 aromatic carbocycles. The number of nitrogens with zero attached hydrogens (tertiary/aromatic N) is 2.